The number of rotatable bonds is 5. The number of hydrogen-bond donors (Lipinski definition) is 0. The second-order valence-electron chi connectivity index (χ2n) is 11.3. The van der Waals surface area contributed by atoms with Crippen LogP contribution < -0.4 is 0 Å². The number of fused-ring (bicyclic) bond motifs is 2. The highest BCUT2D eigenvalue weighted by molar-refractivity contribution is 5.85. The molecule has 0 aromatic rings. The van der Waals surface area contributed by atoms with Gasteiger partial charge in [0.25, 0.3) is 0 Å². The number of Topliss-reactive ketones (excluding diaryl/α,β-unsaturated/α-hetero) is 2. The molecule has 8 atom stereocenters. The predicted molar refractivity (Wildman–Crippen MR) is 113 cm³/mol. The third-order valence-corrected chi connectivity index (χ3v) is 9.50. The van der Waals surface area contributed by atoms with Gasteiger partial charge in [0.1, 0.15) is 12.4 Å². The normalized spacial score (nSPS) is 45.7. The lowest BCUT2D eigenvalue weighted by Gasteiger charge is -2.49. The maximum absolute atomic E-state index is 12.9. The van der Waals surface area contributed by atoms with Crippen molar-refractivity contribution in [3.63, 3.8) is 0 Å². The molecule has 168 valence electrons. The van der Waals surface area contributed by atoms with Gasteiger partial charge in [0, 0.05) is 25.7 Å². The lowest BCUT2D eigenvalue weighted by Crippen LogP contribution is -2.45. The molecule has 0 aromatic carbocycles. The topological polar surface area (TPSA) is 69.7 Å². The molecule has 3 aliphatic carbocycles. The van der Waals surface area contributed by atoms with Gasteiger partial charge in [0.05, 0.1) is 12.7 Å². The van der Waals surface area contributed by atoms with Crippen LogP contribution in [0.2, 0.25) is 0 Å². The van der Waals surface area contributed by atoms with E-state index in [2.05, 4.69) is 20.8 Å². The molecule has 1 saturated heterocycles. The monoisotopic (exact) mass is 418 g/mol. The largest absolute Gasteiger partial charge is 0.458 e. The van der Waals surface area contributed by atoms with Crippen LogP contribution in [0.5, 0.6) is 0 Å². The fourth-order valence-corrected chi connectivity index (χ4v) is 7.55. The average Bonchev–Trinajstić information content (AvgIpc) is 3.20. The highest BCUT2D eigenvalue weighted by atomic mass is 16.5. The summed E-state index contributed by atoms with van der Waals surface area (Å²) in [5.74, 6) is 2.08. The lowest BCUT2D eigenvalue weighted by molar-refractivity contribution is -0.148. The molecule has 0 bridgehead atoms. The minimum absolute atomic E-state index is 0.0112. The summed E-state index contributed by atoms with van der Waals surface area (Å²) >= 11 is 0. The smallest absolute Gasteiger partial charge is 0.303 e. The van der Waals surface area contributed by atoms with E-state index in [0.29, 0.717) is 42.3 Å². The van der Waals surface area contributed by atoms with E-state index in [0.717, 1.165) is 45.1 Å². The van der Waals surface area contributed by atoms with E-state index in [1.165, 1.54) is 6.92 Å². The molecule has 4 rings (SSSR count). The summed E-state index contributed by atoms with van der Waals surface area (Å²) in [6, 6.07) is 0. The summed E-state index contributed by atoms with van der Waals surface area (Å²) in [7, 11) is 0. The van der Waals surface area contributed by atoms with Crippen LogP contribution in [-0.4, -0.2) is 36.9 Å². The third-order valence-electron chi connectivity index (χ3n) is 9.50. The molecule has 0 spiro atoms. The van der Waals surface area contributed by atoms with Crippen molar-refractivity contribution in [2.24, 2.45) is 40.4 Å². The number of ether oxygens (including phenoxy) is 2. The molecule has 0 amide bonds. The zero-order chi connectivity index (χ0) is 21.7. The highest BCUT2D eigenvalue weighted by Gasteiger charge is 2.57. The summed E-state index contributed by atoms with van der Waals surface area (Å²) < 4.78 is 11.4. The predicted octanol–water partition coefficient (Wildman–Crippen LogP) is 4.36. The standard InChI is InChI=1S/C25H38O5/c1-15-7-10-25(4)19(5-6-20(25)22(28)13-29-16(2)26)18(15)12-23-21-11-17(27)8-9-24(21,3)14-30-23/h15,18-21,23H,5-14H2,1-4H3. The molecule has 5 heteroatoms. The van der Waals surface area contributed by atoms with Crippen molar-refractivity contribution in [2.75, 3.05) is 13.2 Å². The van der Waals surface area contributed by atoms with Crippen molar-refractivity contribution in [3.8, 4) is 0 Å². The summed E-state index contributed by atoms with van der Waals surface area (Å²) in [5, 5.41) is 0. The van der Waals surface area contributed by atoms with Crippen molar-refractivity contribution in [3.05, 3.63) is 0 Å². The van der Waals surface area contributed by atoms with Gasteiger partial charge in [0.15, 0.2) is 5.78 Å². The van der Waals surface area contributed by atoms with Crippen LogP contribution in [0.25, 0.3) is 0 Å². The van der Waals surface area contributed by atoms with E-state index < -0.39 is 0 Å². The van der Waals surface area contributed by atoms with E-state index in [1.54, 1.807) is 0 Å². The first-order chi connectivity index (χ1) is 14.1. The van der Waals surface area contributed by atoms with E-state index in [1.807, 2.05) is 0 Å². The van der Waals surface area contributed by atoms with Gasteiger partial charge in [-0.25, -0.2) is 0 Å². The Labute approximate surface area is 180 Å². The minimum atomic E-state index is -0.387. The molecule has 0 radical (unpaired) electrons. The SMILES string of the molecule is CC(=O)OCC(=O)C1CCC2C(CC3OCC4(C)CCC(=O)CC34)C(C)CCC12C. The number of ketones is 2. The second kappa shape index (κ2) is 8.03. The maximum Gasteiger partial charge on any atom is 0.303 e. The van der Waals surface area contributed by atoms with Crippen molar-refractivity contribution < 1.29 is 23.9 Å². The van der Waals surface area contributed by atoms with Crippen molar-refractivity contribution in [1.29, 1.82) is 0 Å². The van der Waals surface area contributed by atoms with Crippen molar-refractivity contribution >= 4 is 17.5 Å². The zero-order valence-electron chi connectivity index (χ0n) is 19.1. The first-order valence-electron chi connectivity index (χ1n) is 11.9. The fraction of sp³-hybridized carbons (Fsp3) is 0.880. The molecule has 1 heterocycles. The van der Waals surface area contributed by atoms with Gasteiger partial charge in [-0.3, -0.25) is 14.4 Å². The summed E-state index contributed by atoms with van der Waals surface area (Å²) in [6.45, 7) is 9.01. The quantitative estimate of drug-likeness (QED) is 0.621. The van der Waals surface area contributed by atoms with Gasteiger partial charge >= 0.3 is 5.97 Å². The maximum atomic E-state index is 12.9. The Balaban J connectivity index is 1.48. The Bertz CT molecular complexity index is 716. The fourth-order valence-electron chi connectivity index (χ4n) is 7.55. The summed E-state index contributed by atoms with van der Waals surface area (Å²) in [4.78, 5) is 36.2. The Hall–Kier alpha value is -1.23. The average molecular weight is 419 g/mol. The van der Waals surface area contributed by atoms with Crippen LogP contribution in [0.4, 0.5) is 0 Å². The first kappa shape index (κ1) is 22.0. The Morgan fingerprint density at radius 1 is 1.13 bits per heavy atom. The van der Waals surface area contributed by atoms with Gasteiger partial charge < -0.3 is 9.47 Å². The molecule has 4 aliphatic rings. The molecular formula is C25H38O5. The van der Waals surface area contributed by atoms with E-state index in [-0.39, 0.29) is 41.2 Å². The third kappa shape index (κ3) is 3.76. The summed E-state index contributed by atoms with van der Waals surface area (Å²) in [5.41, 5.74) is 0.136. The van der Waals surface area contributed by atoms with Crippen LogP contribution in [0.1, 0.15) is 79.1 Å². The number of hydrogen-bond acceptors (Lipinski definition) is 5. The molecular weight excluding hydrogens is 380 g/mol. The zero-order valence-corrected chi connectivity index (χ0v) is 19.1. The van der Waals surface area contributed by atoms with E-state index >= 15 is 0 Å². The van der Waals surface area contributed by atoms with Crippen LogP contribution in [0, 0.1) is 40.4 Å². The number of esters is 1. The lowest BCUT2D eigenvalue weighted by atomic mass is 9.56. The van der Waals surface area contributed by atoms with Gasteiger partial charge in [-0.2, -0.15) is 0 Å². The Kier molecular flexibility index (Phi) is 5.89. The molecule has 5 nitrogen and oxygen atoms in total. The molecule has 0 aromatic heterocycles. The van der Waals surface area contributed by atoms with Gasteiger partial charge in [-0.15, -0.1) is 0 Å². The molecule has 3 saturated carbocycles. The number of carbonyl (C=O) groups is 3. The molecule has 8 unspecified atom stereocenters. The first-order valence-corrected chi connectivity index (χ1v) is 11.9. The van der Waals surface area contributed by atoms with Crippen LogP contribution >= 0.6 is 0 Å². The molecule has 30 heavy (non-hydrogen) atoms. The van der Waals surface area contributed by atoms with Crippen LogP contribution in [0.15, 0.2) is 0 Å². The van der Waals surface area contributed by atoms with Gasteiger partial charge in [-0.05, 0) is 73.0 Å². The van der Waals surface area contributed by atoms with Gasteiger partial charge in [0.2, 0.25) is 0 Å². The van der Waals surface area contributed by atoms with Crippen molar-refractivity contribution in [1.82, 2.24) is 0 Å². The van der Waals surface area contributed by atoms with Crippen LogP contribution in [0.3, 0.4) is 0 Å². The van der Waals surface area contributed by atoms with E-state index in [4.69, 9.17) is 9.47 Å². The second-order valence-corrected chi connectivity index (χ2v) is 11.3. The minimum Gasteiger partial charge on any atom is -0.458 e. The van der Waals surface area contributed by atoms with Crippen molar-refractivity contribution in [2.45, 2.75) is 85.2 Å². The van der Waals surface area contributed by atoms with Crippen LogP contribution in [-0.2, 0) is 23.9 Å². The Morgan fingerprint density at radius 2 is 1.90 bits per heavy atom. The Morgan fingerprint density at radius 3 is 2.63 bits per heavy atom. The van der Waals surface area contributed by atoms with E-state index in [9.17, 15) is 14.4 Å². The highest BCUT2D eigenvalue weighted by Crippen LogP contribution is 2.61. The molecule has 1 aliphatic heterocycles. The molecule has 0 N–H and O–H groups in total. The molecule has 4 fully saturated rings. The number of carbonyl (C=O) groups excluding carboxylic acids is 3. The van der Waals surface area contributed by atoms with Gasteiger partial charge in [-0.1, -0.05) is 20.8 Å². The summed E-state index contributed by atoms with van der Waals surface area (Å²) in [6.07, 6.45) is 7.68.